The summed E-state index contributed by atoms with van der Waals surface area (Å²) in [6.07, 6.45) is -0.954. The number of Topliss-reactive ketones (excluding diaryl/α,β-unsaturated/α-hetero) is 1. The summed E-state index contributed by atoms with van der Waals surface area (Å²) in [6, 6.07) is 3.39. The van der Waals surface area contributed by atoms with Crippen LogP contribution < -0.4 is 9.47 Å². The van der Waals surface area contributed by atoms with Crippen molar-refractivity contribution < 1.29 is 28.5 Å². The third kappa shape index (κ3) is 3.00. The largest absolute Gasteiger partial charge is 0.496 e. The number of ketones is 1. The lowest BCUT2D eigenvalue weighted by Crippen LogP contribution is -2.33. The van der Waals surface area contributed by atoms with Crippen LogP contribution in [0.2, 0.25) is 0 Å². The van der Waals surface area contributed by atoms with Crippen LogP contribution in [-0.2, 0) is 20.9 Å². The summed E-state index contributed by atoms with van der Waals surface area (Å²) in [5.41, 5.74) is 1.05. The van der Waals surface area contributed by atoms with E-state index in [0.717, 1.165) is 0 Å². The van der Waals surface area contributed by atoms with E-state index in [1.54, 1.807) is 19.1 Å². The fraction of sp³-hybridized carbons (Fsp3) is 0.467. The van der Waals surface area contributed by atoms with Gasteiger partial charge in [-0.1, -0.05) is 0 Å². The van der Waals surface area contributed by atoms with Crippen molar-refractivity contribution in [3.05, 3.63) is 23.3 Å². The van der Waals surface area contributed by atoms with Crippen LogP contribution in [0.5, 0.6) is 11.5 Å². The molecule has 1 unspecified atom stereocenters. The van der Waals surface area contributed by atoms with Crippen LogP contribution in [0.3, 0.4) is 0 Å². The van der Waals surface area contributed by atoms with Crippen molar-refractivity contribution in [1.82, 2.24) is 0 Å². The molecule has 0 fully saturated rings. The van der Waals surface area contributed by atoms with Crippen LogP contribution in [0.25, 0.3) is 0 Å². The molecule has 0 N–H and O–H groups in total. The van der Waals surface area contributed by atoms with Crippen LogP contribution in [-0.4, -0.2) is 38.7 Å². The molecule has 0 radical (unpaired) electrons. The minimum atomic E-state index is -0.849. The second kappa shape index (κ2) is 6.58. The number of carbonyl (C=O) groups excluding carboxylic acids is 2. The van der Waals surface area contributed by atoms with Crippen molar-refractivity contribution in [3.8, 4) is 11.5 Å². The number of fused-ring (bicyclic) bond motifs is 1. The second-order valence-corrected chi connectivity index (χ2v) is 4.50. The summed E-state index contributed by atoms with van der Waals surface area (Å²) >= 11 is 0. The molecule has 21 heavy (non-hydrogen) atoms. The van der Waals surface area contributed by atoms with Gasteiger partial charge in [0.2, 0.25) is 0 Å². The number of esters is 1. The topological polar surface area (TPSA) is 71.1 Å². The van der Waals surface area contributed by atoms with Gasteiger partial charge >= 0.3 is 5.97 Å². The van der Waals surface area contributed by atoms with Crippen molar-refractivity contribution >= 4 is 11.8 Å². The minimum absolute atomic E-state index is 0.105. The number of benzene rings is 1. The van der Waals surface area contributed by atoms with E-state index in [4.69, 9.17) is 18.9 Å². The summed E-state index contributed by atoms with van der Waals surface area (Å²) < 4.78 is 20.8. The van der Waals surface area contributed by atoms with Gasteiger partial charge in [-0.05, 0) is 19.1 Å². The average Bonchev–Trinajstić information content (AvgIpc) is 2.49. The van der Waals surface area contributed by atoms with E-state index in [0.29, 0.717) is 22.6 Å². The Morgan fingerprint density at radius 1 is 1.29 bits per heavy atom. The first-order valence-corrected chi connectivity index (χ1v) is 6.67. The zero-order valence-electron chi connectivity index (χ0n) is 12.3. The van der Waals surface area contributed by atoms with Gasteiger partial charge in [0.05, 0.1) is 39.4 Å². The molecule has 0 bridgehead atoms. The SMILES string of the molecule is CCOC(=O)CC1OCc2c(OC)ccc(OC)c2C1=O. The molecule has 0 spiro atoms. The van der Waals surface area contributed by atoms with Gasteiger partial charge in [0, 0.05) is 5.56 Å². The van der Waals surface area contributed by atoms with Crippen LogP contribution in [0.4, 0.5) is 0 Å². The predicted octanol–water partition coefficient (Wildman–Crippen LogP) is 1.74. The molecule has 1 aromatic carbocycles. The lowest BCUT2D eigenvalue weighted by Gasteiger charge is -2.26. The predicted molar refractivity (Wildman–Crippen MR) is 73.7 cm³/mol. The Balaban J connectivity index is 2.31. The summed E-state index contributed by atoms with van der Waals surface area (Å²) in [6.45, 7) is 2.17. The molecule has 2 rings (SSSR count). The monoisotopic (exact) mass is 294 g/mol. The zero-order valence-corrected chi connectivity index (χ0v) is 12.3. The van der Waals surface area contributed by atoms with Gasteiger partial charge in [-0.25, -0.2) is 0 Å². The fourth-order valence-electron chi connectivity index (χ4n) is 2.33. The fourth-order valence-corrected chi connectivity index (χ4v) is 2.33. The van der Waals surface area contributed by atoms with E-state index in [9.17, 15) is 9.59 Å². The Labute approximate surface area is 122 Å². The van der Waals surface area contributed by atoms with Gasteiger partial charge in [-0.2, -0.15) is 0 Å². The average molecular weight is 294 g/mol. The Hall–Kier alpha value is -2.08. The lowest BCUT2D eigenvalue weighted by atomic mass is 9.94. The molecule has 1 aliphatic heterocycles. The van der Waals surface area contributed by atoms with E-state index in [1.165, 1.54) is 14.2 Å². The highest BCUT2D eigenvalue weighted by atomic mass is 16.5. The number of hydrogen-bond donors (Lipinski definition) is 0. The first kappa shape index (κ1) is 15.3. The summed E-state index contributed by atoms with van der Waals surface area (Å²) in [5, 5.41) is 0. The van der Waals surface area contributed by atoms with Crippen molar-refractivity contribution in [2.75, 3.05) is 20.8 Å². The summed E-state index contributed by atoms with van der Waals surface area (Å²) in [7, 11) is 3.02. The van der Waals surface area contributed by atoms with Crippen LogP contribution in [0.1, 0.15) is 29.3 Å². The number of carbonyl (C=O) groups is 2. The highest BCUT2D eigenvalue weighted by Crippen LogP contribution is 2.36. The molecule has 114 valence electrons. The first-order valence-electron chi connectivity index (χ1n) is 6.67. The third-order valence-corrected chi connectivity index (χ3v) is 3.30. The number of methoxy groups -OCH3 is 2. The first-order chi connectivity index (χ1) is 10.1. The highest BCUT2D eigenvalue weighted by Gasteiger charge is 2.34. The van der Waals surface area contributed by atoms with Crippen molar-refractivity contribution in [2.24, 2.45) is 0 Å². The molecule has 6 nitrogen and oxygen atoms in total. The van der Waals surface area contributed by atoms with Gasteiger partial charge in [0.25, 0.3) is 0 Å². The van der Waals surface area contributed by atoms with Crippen LogP contribution in [0, 0.1) is 0 Å². The maximum atomic E-state index is 12.5. The molecule has 0 aromatic heterocycles. The summed E-state index contributed by atoms with van der Waals surface area (Å²) in [5.74, 6) is 0.267. The van der Waals surface area contributed by atoms with Crippen molar-refractivity contribution in [2.45, 2.75) is 26.1 Å². The molecule has 0 aliphatic carbocycles. The van der Waals surface area contributed by atoms with Gasteiger partial charge in [-0.15, -0.1) is 0 Å². The van der Waals surface area contributed by atoms with Crippen LogP contribution >= 0.6 is 0 Å². The molecular weight excluding hydrogens is 276 g/mol. The molecule has 1 aromatic rings. The number of hydrogen-bond acceptors (Lipinski definition) is 6. The maximum absolute atomic E-state index is 12.5. The van der Waals surface area contributed by atoms with Gasteiger partial charge in [-0.3, -0.25) is 9.59 Å². The number of ether oxygens (including phenoxy) is 4. The Morgan fingerprint density at radius 2 is 1.95 bits per heavy atom. The van der Waals surface area contributed by atoms with Gasteiger partial charge < -0.3 is 18.9 Å². The minimum Gasteiger partial charge on any atom is -0.496 e. The molecule has 0 saturated heterocycles. The van der Waals surface area contributed by atoms with E-state index in [2.05, 4.69) is 0 Å². The molecule has 0 saturated carbocycles. The summed E-state index contributed by atoms with van der Waals surface area (Å²) in [4.78, 5) is 24.1. The Kier molecular flexibility index (Phi) is 4.80. The molecule has 6 heteroatoms. The molecule has 1 aliphatic rings. The van der Waals surface area contributed by atoms with Crippen LogP contribution in [0.15, 0.2) is 12.1 Å². The molecule has 1 heterocycles. The maximum Gasteiger partial charge on any atom is 0.308 e. The molecule has 0 amide bonds. The number of rotatable bonds is 5. The van der Waals surface area contributed by atoms with E-state index in [1.807, 2.05) is 0 Å². The van der Waals surface area contributed by atoms with Crippen molar-refractivity contribution in [1.29, 1.82) is 0 Å². The standard InChI is InChI=1S/C15H18O6/c1-4-20-13(16)7-12-15(17)14-9(8-21-12)10(18-2)5-6-11(14)19-3/h5-6,12H,4,7-8H2,1-3H3. The molecular formula is C15H18O6. The molecule has 1 atom stereocenters. The Morgan fingerprint density at radius 3 is 2.57 bits per heavy atom. The smallest absolute Gasteiger partial charge is 0.308 e. The van der Waals surface area contributed by atoms with E-state index >= 15 is 0 Å². The lowest BCUT2D eigenvalue weighted by molar-refractivity contribution is -0.145. The Bertz CT molecular complexity index is 551. The van der Waals surface area contributed by atoms with E-state index < -0.39 is 12.1 Å². The zero-order chi connectivity index (χ0) is 15.4. The van der Waals surface area contributed by atoms with Crippen molar-refractivity contribution in [3.63, 3.8) is 0 Å². The van der Waals surface area contributed by atoms with Gasteiger partial charge in [0.15, 0.2) is 5.78 Å². The van der Waals surface area contributed by atoms with E-state index in [-0.39, 0.29) is 25.4 Å². The third-order valence-electron chi connectivity index (χ3n) is 3.30. The van der Waals surface area contributed by atoms with Gasteiger partial charge in [0.1, 0.15) is 17.6 Å². The quantitative estimate of drug-likeness (QED) is 0.770. The second-order valence-electron chi connectivity index (χ2n) is 4.50. The highest BCUT2D eigenvalue weighted by molar-refractivity contribution is 6.05. The normalized spacial score (nSPS) is 17.1.